The van der Waals surface area contributed by atoms with Crippen LogP contribution in [-0.2, 0) is 16.0 Å². The molecule has 5 amide bonds. The van der Waals surface area contributed by atoms with E-state index in [0.717, 1.165) is 21.8 Å². The molecule has 1 aliphatic heterocycles. The highest BCUT2D eigenvalue weighted by atomic mass is 32.1. The van der Waals surface area contributed by atoms with E-state index in [4.69, 9.17) is 5.73 Å². The minimum atomic E-state index is -1.13. The number of nitrogens with two attached hydrogens (primary N) is 1. The van der Waals surface area contributed by atoms with E-state index in [1.165, 1.54) is 5.38 Å². The van der Waals surface area contributed by atoms with Crippen molar-refractivity contribution in [2.45, 2.75) is 18.5 Å². The number of hydrogen-bond acceptors (Lipinski definition) is 6. The quantitative estimate of drug-likeness (QED) is 0.475. The van der Waals surface area contributed by atoms with Crippen molar-refractivity contribution >= 4 is 40.2 Å². The summed E-state index contributed by atoms with van der Waals surface area (Å²) in [6.45, 7) is 0. The zero-order valence-corrected chi connectivity index (χ0v) is 17.5. The number of anilines is 1. The number of nitrogens with zero attached hydrogens (tertiary/aromatic N) is 2. The molecule has 0 radical (unpaired) electrons. The second kappa shape index (κ2) is 8.98. The molecular formula is C22H19N5O4S. The molecule has 32 heavy (non-hydrogen) atoms. The molecule has 1 aliphatic rings. The van der Waals surface area contributed by atoms with Crippen molar-refractivity contribution in [3.8, 4) is 0 Å². The van der Waals surface area contributed by atoms with E-state index in [-0.39, 0.29) is 17.2 Å². The van der Waals surface area contributed by atoms with Crippen LogP contribution in [0.3, 0.4) is 0 Å². The monoisotopic (exact) mass is 449 g/mol. The van der Waals surface area contributed by atoms with Crippen LogP contribution in [0.2, 0.25) is 0 Å². The van der Waals surface area contributed by atoms with Gasteiger partial charge in [0.1, 0.15) is 17.8 Å². The normalized spacial score (nSPS) is 16.5. The topological polar surface area (TPSA) is 134 Å². The number of imide groups is 1. The van der Waals surface area contributed by atoms with Crippen molar-refractivity contribution in [2.24, 2.45) is 5.73 Å². The molecule has 3 aromatic rings. The second-order valence-corrected chi connectivity index (χ2v) is 7.96. The molecule has 4 N–H and O–H groups in total. The lowest BCUT2D eigenvalue weighted by Gasteiger charge is -2.24. The maximum Gasteiger partial charge on any atom is 0.325 e. The average molecular weight is 449 g/mol. The number of urea groups is 1. The molecule has 1 fully saturated rings. The van der Waals surface area contributed by atoms with Gasteiger partial charge in [0, 0.05) is 11.8 Å². The molecule has 2 unspecified atom stereocenters. The van der Waals surface area contributed by atoms with E-state index in [9.17, 15) is 19.2 Å². The number of aromatic nitrogens is 1. The third-order valence-corrected chi connectivity index (χ3v) is 5.73. The Balaban J connectivity index is 1.62. The first-order valence-corrected chi connectivity index (χ1v) is 10.6. The molecule has 162 valence electrons. The summed E-state index contributed by atoms with van der Waals surface area (Å²) in [4.78, 5) is 55.4. The van der Waals surface area contributed by atoms with Crippen LogP contribution in [0.4, 0.5) is 9.93 Å². The van der Waals surface area contributed by atoms with Crippen molar-refractivity contribution in [2.75, 3.05) is 5.32 Å². The standard InChI is InChI=1S/C22H19N5O4S/c23-18(28)15-12-32-21(24-15)26-19(29)16(11-13-7-3-1-4-8-13)27-20(30)17(25-22(27)31)14-9-5-2-6-10-14/h1-10,12,16-17H,11H2,(H2,23,28)(H,25,31)(H,24,26,29). The largest absolute Gasteiger partial charge is 0.364 e. The molecule has 2 heterocycles. The zero-order valence-electron chi connectivity index (χ0n) is 16.7. The van der Waals surface area contributed by atoms with Gasteiger partial charge in [0.05, 0.1) is 0 Å². The Kier molecular flexibility index (Phi) is 5.95. The lowest BCUT2D eigenvalue weighted by atomic mass is 10.0. The van der Waals surface area contributed by atoms with Gasteiger partial charge in [-0.2, -0.15) is 0 Å². The van der Waals surface area contributed by atoms with E-state index >= 15 is 0 Å². The smallest absolute Gasteiger partial charge is 0.325 e. The van der Waals surface area contributed by atoms with Crippen LogP contribution in [0.15, 0.2) is 66.0 Å². The number of carbonyl (C=O) groups excluding carboxylic acids is 4. The van der Waals surface area contributed by atoms with Crippen molar-refractivity contribution in [3.63, 3.8) is 0 Å². The molecular weight excluding hydrogens is 430 g/mol. The Morgan fingerprint density at radius 3 is 2.38 bits per heavy atom. The fraction of sp³-hybridized carbons (Fsp3) is 0.136. The van der Waals surface area contributed by atoms with Gasteiger partial charge in [-0.3, -0.25) is 14.4 Å². The van der Waals surface area contributed by atoms with Gasteiger partial charge < -0.3 is 16.4 Å². The van der Waals surface area contributed by atoms with E-state index in [0.29, 0.717) is 5.56 Å². The predicted molar refractivity (Wildman–Crippen MR) is 118 cm³/mol. The van der Waals surface area contributed by atoms with E-state index in [2.05, 4.69) is 15.6 Å². The van der Waals surface area contributed by atoms with Crippen molar-refractivity contribution in [1.82, 2.24) is 15.2 Å². The number of hydrogen-bond donors (Lipinski definition) is 3. The number of rotatable bonds is 7. The zero-order chi connectivity index (χ0) is 22.7. The Labute approximate surface area is 187 Å². The SMILES string of the molecule is NC(=O)c1csc(NC(=O)C(Cc2ccccc2)N2C(=O)NC(c3ccccc3)C2=O)n1. The van der Waals surface area contributed by atoms with Crippen molar-refractivity contribution in [3.05, 3.63) is 82.9 Å². The van der Waals surface area contributed by atoms with Crippen LogP contribution >= 0.6 is 11.3 Å². The van der Waals surface area contributed by atoms with Gasteiger partial charge in [0.25, 0.3) is 11.8 Å². The van der Waals surface area contributed by atoms with Crippen LogP contribution in [0.5, 0.6) is 0 Å². The van der Waals surface area contributed by atoms with Crippen LogP contribution in [0.25, 0.3) is 0 Å². The summed E-state index contributed by atoms with van der Waals surface area (Å²) in [5.41, 5.74) is 6.63. The first kappa shape index (κ1) is 21.2. The van der Waals surface area contributed by atoms with Gasteiger partial charge >= 0.3 is 6.03 Å². The molecule has 0 bridgehead atoms. The summed E-state index contributed by atoms with van der Waals surface area (Å²) in [6, 6.07) is 15.2. The highest BCUT2D eigenvalue weighted by Crippen LogP contribution is 2.26. The number of nitrogens with one attached hydrogen (secondary N) is 2. The summed E-state index contributed by atoms with van der Waals surface area (Å²) >= 11 is 1.02. The Morgan fingerprint density at radius 2 is 1.75 bits per heavy atom. The summed E-state index contributed by atoms with van der Waals surface area (Å²) < 4.78 is 0. The number of amides is 5. The molecule has 2 atom stereocenters. The molecule has 2 aromatic carbocycles. The Morgan fingerprint density at radius 1 is 1.09 bits per heavy atom. The first-order valence-electron chi connectivity index (χ1n) is 9.72. The molecule has 0 spiro atoms. The lowest BCUT2D eigenvalue weighted by molar-refractivity contribution is -0.134. The highest BCUT2D eigenvalue weighted by Gasteiger charge is 2.45. The van der Waals surface area contributed by atoms with Gasteiger partial charge in [0.15, 0.2) is 5.13 Å². The molecule has 1 aromatic heterocycles. The number of carbonyl (C=O) groups is 4. The van der Waals surface area contributed by atoms with Gasteiger partial charge in [-0.25, -0.2) is 14.7 Å². The molecule has 10 heteroatoms. The minimum Gasteiger partial charge on any atom is -0.364 e. The fourth-order valence-corrected chi connectivity index (χ4v) is 4.13. The molecule has 0 aliphatic carbocycles. The lowest BCUT2D eigenvalue weighted by Crippen LogP contribution is -2.49. The van der Waals surface area contributed by atoms with E-state index in [1.807, 2.05) is 36.4 Å². The van der Waals surface area contributed by atoms with Gasteiger partial charge in [0.2, 0.25) is 5.91 Å². The van der Waals surface area contributed by atoms with Crippen molar-refractivity contribution in [1.29, 1.82) is 0 Å². The Hall–Kier alpha value is -4.05. The molecule has 0 saturated carbocycles. The first-order chi connectivity index (χ1) is 15.4. The van der Waals surface area contributed by atoms with Gasteiger partial charge in [-0.15, -0.1) is 11.3 Å². The maximum absolute atomic E-state index is 13.2. The number of benzene rings is 2. The van der Waals surface area contributed by atoms with E-state index < -0.39 is 35.8 Å². The molecule has 1 saturated heterocycles. The van der Waals surface area contributed by atoms with Gasteiger partial charge in [-0.05, 0) is 11.1 Å². The predicted octanol–water partition coefficient (Wildman–Crippen LogP) is 2.08. The molecule has 9 nitrogen and oxygen atoms in total. The summed E-state index contributed by atoms with van der Waals surface area (Å²) in [5.74, 6) is -1.84. The average Bonchev–Trinajstić information content (AvgIpc) is 3.38. The van der Waals surface area contributed by atoms with Crippen LogP contribution in [-0.4, -0.2) is 39.7 Å². The summed E-state index contributed by atoms with van der Waals surface area (Å²) in [6.07, 6.45) is 0.112. The van der Waals surface area contributed by atoms with Crippen LogP contribution in [0.1, 0.15) is 27.7 Å². The fourth-order valence-electron chi connectivity index (χ4n) is 3.43. The third-order valence-electron chi connectivity index (χ3n) is 4.98. The highest BCUT2D eigenvalue weighted by molar-refractivity contribution is 7.14. The minimum absolute atomic E-state index is 0.0176. The molecule has 4 rings (SSSR count). The van der Waals surface area contributed by atoms with E-state index in [1.54, 1.807) is 24.3 Å². The maximum atomic E-state index is 13.2. The summed E-state index contributed by atoms with van der Waals surface area (Å²) in [5, 5.41) is 6.82. The number of thiazole rings is 1. The number of primary amides is 1. The van der Waals surface area contributed by atoms with Crippen LogP contribution in [0, 0.1) is 0 Å². The van der Waals surface area contributed by atoms with Gasteiger partial charge in [-0.1, -0.05) is 60.7 Å². The second-order valence-electron chi connectivity index (χ2n) is 7.10. The van der Waals surface area contributed by atoms with Crippen LogP contribution < -0.4 is 16.4 Å². The Bertz CT molecular complexity index is 1170. The summed E-state index contributed by atoms with van der Waals surface area (Å²) in [7, 11) is 0. The van der Waals surface area contributed by atoms with Crippen molar-refractivity contribution < 1.29 is 19.2 Å². The third kappa shape index (κ3) is 4.35.